The van der Waals surface area contributed by atoms with E-state index in [1.807, 2.05) is 19.0 Å². The van der Waals surface area contributed by atoms with Crippen molar-refractivity contribution in [2.75, 3.05) is 20.6 Å². The first-order valence-electron chi connectivity index (χ1n) is 4.25. The largest absolute Gasteiger partial charge is 0.384 e. The van der Waals surface area contributed by atoms with Crippen LogP contribution in [-0.4, -0.2) is 40.8 Å². The molecule has 1 rings (SSSR count). The molecule has 0 aliphatic rings. The van der Waals surface area contributed by atoms with Gasteiger partial charge in [0.05, 0.1) is 0 Å². The number of hydrogen-bond acceptors (Lipinski definition) is 5. The average molecular weight is 185 g/mol. The summed E-state index contributed by atoms with van der Waals surface area (Å²) in [6.07, 6.45) is 0.0593. The fourth-order valence-corrected chi connectivity index (χ4v) is 0.862. The van der Waals surface area contributed by atoms with Gasteiger partial charge in [-0.3, -0.25) is 0 Å². The lowest BCUT2D eigenvalue weighted by atomic mass is 10.4. The van der Waals surface area contributed by atoms with Gasteiger partial charge >= 0.3 is 0 Å². The minimum absolute atomic E-state index is 0.286. The molecular weight excluding hydrogens is 170 g/mol. The van der Waals surface area contributed by atoms with Crippen molar-refractivity contribution >= 4 is 0 Å². The van der Waals surface area contributed by atoms with Crippen molar-refractivity contribution in [1.82, 2.24) is 15.0 Å². The van der Waals surface area contributed by atoms with Gasteiger partial charge in [0.15, 0.2) is 5.82 Å². The summed E-state index contributed by atoms with van der Waals surface area (Å²) in [5.74, 6) is 0.929. The Balaban J connectivity index is 2.49. The van der Waals surface area contributed by atoms with Crippen LogP contribution in [0.3, 0.4) is 0 Å². The molecule has 0 spiro atoms. The molecule has 1 aromatic rings. The second-order valence-electron chi connectivity index (χ2n) is 3.28. The summed E-state index contributed by atoms with van der Waals surface area (Å²) in [6, 6.07) is 0. The van der Waals surface area contributed by atoms with E-state index >= 15 is 0 Å². The Kier molecular flexibility index (Phi) is 3.39. The molecule has 0 aliphatic carbocycles. The maximum absolute atomic E-state index is 9.11. The van der Waals surface area contributed by atoms with Crippen molar-refractivity contribution in [2.24, 2.45) is 0 Å². The van der Waals surface area contributed by atoms with Crippen LogP contribution in [0.25, 0.3) is 0 Å². The van der Waals surface area contributed by atoms with E-state index in [9.17, 15) is 0 Å². The molecule has 0 saturated carbocycles. The van der Waals surface area contributed by atoms with Crippen LogP contribution in [0.5, 0.6) is 0 Å². The van der Waals surface area contributed by atoms with Crippen LogP contribution in [-0.2, 0) is 6.42 Å². The van der Waals surface area contributed by atoms with Gasteiger partial charge in [-0.25, -0.2) is 0 Å². The van der Waals surface area contributed by atoms with Crippen LogP contribution in [0.4, 0.5) is 0 Å². The molecule has 0 fully saturated rings. The summed E-state index contributed by atoms with van der Waals surface area (Å²) in [7, 11) is 3.96. The molecule has 0 amide bonds. The van der Waals surface area contributed by atoms with Gasteiger partial charge in [-0.2, -0.15) is 4.98 Å². The second-order valence-corrected chi connectivity index (χ2v) is 3.28. The third-order valence-corrected chi connectivity index (χ3v) is 1.62. The molecule has 1 atom stereocenters. The van der Waals surface area contributed by atoms with Gasteiger partial charge in [0.25, 0.3) is 5.89 Å². The standard InChI is InChI=1S/C8H15N3O2/c1-6(12)8-9-7(10-13-8)4-5-11(2)3/h6,12H,4-5H2,1-3H3/t6-/m0/s1. The van der Waals surface area contributed by atoms with Gasteiger partial charge in [-0.1, -0.05) is 5.16 Å². The predicted octanol–water partition coefficient (Wildman–Crippen LogP) is 0.227. The maximum Gasteiger partial charge on any atom is 0.255 e. The predicted molar refractivity (Wildman–Crippen MR) is 47.2 cm³/mol. The van der Waals surface area contributed by atoms with E-state index in [2.05, 4.69) is 10.1 Å². The monoisotopic (exact) mass is 185 g/mol. The first-order chi connectivity index (χ1) is 6.09. The van der Waals surface area contributed by atoms with Crippen LogP contribution < -0.4 is 0 Å². The molecule has 13 heavy (non-hydrogen) atoms. The summed E-state index contributed by atoms with van der Waals surface area (Å²) in [6.45, 7) is 2.47. The Morgan fingerprint density at radius 3 is 2.69 bits per heavy atom. The minimum Gasteiger partial charge on any atom is -0.384 e. The highest BCUT2D eigenvalue weighted by Gasteiger charge is 2.10. The van der Waals surface area contributed by atoms with Crippen LogP contribution in [0.15, 0.2) is 4.52 Å². The van der Waals surface area contributed by atoms with E-state index in [1.54, 1.807) is 6.92 Å². The molecule has 1 heterocycles. The number of aliphatic hydroxyl groups excluding tert-OH is 1. The molecule has 74 valence electrons. The van der Waals surface area contributed by atoms with Crippen molar-refractivity contribution in [3.8, 4) is 0 Å². The van der Waals surface area contributed by atoms with Crippen LogP contribution >= 0.6 is 0 Å². The van der Waals surface area contributed by atoms with E-state index in [0.717, 1.165) is 13.0 Å². The highest BCUT2D eigenvalue weighted by molar-refractivity contribution is 4.88. The van der Waals surface area contributed by atoms with Gasteiger partial charge in [0, 0.05) is 13.0 Å². The van der Waals surface area contributed by atoms with Crippen molar-refractivity contribution in [3.63, 3.8) is 0 Å². The highest BCUT2D eigenvalue weighted by atomic mass is 16.5. The Hall–Kier alpha value is -0.940. The summed E-state index contributed by atoms with van der Waals surface area (Å²) < 4.78 is 4.83. The van der Waals surface area contributed by atoms with E-state index in [-0.39, 0.29) is 5.89 Å². The zero-order valence-corrected chi connectivity index (χ0v) is 8.19. The summed E-state index contributed by atoms with van der Waals surface area (Å²) in [5, 5.41) is 12.8. The number of hydrogen-bond donors (Lipinski definition) is 1. The van der Waals surface area contributed by atoms with Crippen LogP contribution in [0.2, 0.25) is 0 Å². The Morgan fingerprint density at radius 2 is 2.23 bits per heavy atom. The normalized spacial score (nSPS) is 13.6. The van der Waals surface area contributed by atoms with E-state index in [4.69, 9.17) is 9.63 Å². The van der Waals surface area contributed by atoms with Gasteiger partial charge in [-0.15, -0.1) is 0 Å². The van der Waals surface area contributed by atoms with Gasteiger partial charge in [0.2, 0.25) is 0 Å². The Morgan fingerprint density at radius 1 is 1.54 bits per heavy atom. The lowest BCUT2D eigenvalue weighted by Crippen LogP contribution is -2.15. The number of nitrogens with zero attached hydrogens (tertiary/aromatic N) is 3. The molecule has 0 radical (unpaired) electrons. The second kappa shape index (κ2) is 4.34. The molecule has 0 unspecified atom stereocenters. The first kappa shape index (κ1) is 10.1. The van der Waals surface area contributed by atoms with Crippen molar-refractivity contribution in [2.45, 2.75) is 19.4 Å². The SMILES string of the molecule is C[C@H](O)c1nc(CCN(C)C)no1. The zero-order chi connectivity index (χ0) is 9.84. The topological polar surface area (TPSA) is 62.4 Å². The molecule has 5 heteroatoms. The van der Waals surface area contributed by atoms with Gasteiger partial charge in [0.1, 0.15) is 6.10 Å². The smallest absolute Gasteiger partial charge is 0.255 e. The summed E-state index contributed by atoms with van der Waals surface area (Å²) >= 11 is 0. The third-order valence-electron chi connectivity index (χ3n) is 1.62. The number of likely N-dealkylation sites (N-methyl/N-ethyl adjacent to an activating group) is 1. The third kappa shape index (κ3) is 3.12. The number of aliphatic hydroxyl groups is 1. The molecular formula is C8H15N3O2. The van der Waals surface area contributed by atoms with Gasteiger partial charge < -0.3 is 14.5 Å². The van der Waals surface area contributed by atoms with E-state index < -0.39 is 6.10 Å². The molecule has 1 N–H and O–H groups in total. The molecule has 0 aliphatic heterocycles. The zero-order valence-electron chi connectivity index (χ0n) is 8.19. The summed E-state index contributed by atoms with van der Waals surface area (Å²) in [5.41, 5.74) is 0. The van der Waals surface area contributed by atoms with E-state index in [0.29, 0.717) is 5.82 Å². The lowest BCUT2D eigenvalue weighted by molar-refractivity contribution is 0.151. The lowest BCUT2D eigenvalue weighted by Gasteiger charge is -2.05. The number of aromatic nitrogens is 2. The van der Waals surface area contributed by atoms with Crippen LogP contribution in [0.1, 0.15) is 24.7 Å². The maximum atomic E-state index is 9.11. The highest BCUT2D eigenvalue weighted by Crippen LogP contribution is 2.08. The van der Waals surface area contributed by atoms with Crippen molar-refractivity contribution in [1.29, 1.82) is 0 Å². The quantitative estimate of drug-likeness (QED) is 0.727. The first-order valence-corrected chi connectivity index (χ1v) is 4.25. The minimum atomic E-state index is -0.680. The Bertz CT molecular complexity index is 258. The molecule has 0 bridgehead atoms. The molecule has 0 aromatic carbocycles. The van der Waals surface area contributed by atoms with Crippen molar-refractivity contribution in [3.05, 3.63) is 11.7 Å². The van der Waals surface area contributed by atoms with Crippen LogP contribution in [0, 0.1) is 0 Å². The molecule has 5 nitrogen and oxygen atoms in total. The number of rotatable bonds is 4. The fraction of sp³-hybridized carbons (Fsp3) is 0.750. The van der Waals surface area contributed by atoms with Crippen molar-refractivity contribution < 1.29 is 9.63 Å². The van der Waals surface area contributed by atoms with E-state index in [1.165, 1.54) is 0 Å². The average Bonchev–Trinajstić information content (AvgIpc) is 2.48. The molecule has 0 saturated heterocycles. The Labute approximate surface area is 77.4 Å². The fourth-order valence-electron chi connectivity index (χ4n) is 0.862. The molecule has 1 aromatic heterocycles. The van der Waals surface area contributed by atoms with Gasteiger partial charge in [-0.05, 0) is 21.0 Å². The summed E-state index contributed by atoms with van der Waals surface area (Å²) in [4.78, 5) is 6.07.